The van der Waals surface area contributed by atoms with Crippen LogP contribution >= 0.6 is 0 Å². The topological polar surface area (TPSA) is 38.8 Å². The third kappa shape index (κ3) is 3.18. The second-order valence-electron chi connectivity index (χ2n) is 4.77. The van der Waals surface area contributed by atoms with Gasteiger partial charge in [-0.2, -0.15) is 0 Å². The Morgan fingerprint density at radius 2 is 2.27 bits per heavy atom. The number of esters is 1. The molecular weight excluding hydrogens is 194 g/mol. The predicted octanol–water partition coefficient (Wildman–Crippen LogP) is 0.906. The summed E-state index contributed by atoms with van der Waals surface area (Å²) in [6, 6.07) is 0.377. The molecule has 0 radical (unpaired) electrons. The molecule has 0 aliphatic carbocycles. The van der Waals surface area contributed by atoms with Gasteiger partial charge in [0.2, 0.25) is 0 Å². The molecule has 0 saturated carbocycles. The molecule has 1 aliphatic heterocycles. The lowest BCUT2D eigenvalue weighted by molar-refractivity contribution is -0.153. The van der Waals surface area contributed by atoms with Crippen LogP contribution in [0.1, 0.15) is 20.8 Å². The highest BCUT2D eigenvalue weighted by atomic mass is 16.5. The van der Waals surface area contributed by atoms with Gasteiger partial charge in [0.25, 0.3) is 0 Å². The summed E-state index contributed by atoms with van der Waals surface area (Å²) in [5, 5.41) is 0. The van der Waals surface area contributed by atoms with Crippen LogP contribution in [0, 0.1) is 5.41 Å². The summed E-state index contributed by atoms with van der Waals surface area (Å²) in [7, 11) is 1.44. The normalized spacial score (nSPS) is 23.9. The van der Waals surface area contributed by atoms with E-state index < -0.39 is 5.41 Å². The van der Waals surface area contributed by atoms with Crippen LogP contribution in [0.4, 0.5) is 0 Å². The van der Waals surface area contributed by atoms with Crippen LogP contribution in [0.5, 0.6) is 0 Å². The van der Waals surface area contributed by atoms with Crippen molar-refractivity contribution in [3.8, 4) is 0 Å². The number of carbonyl (C=O) groups excluding carboxylic acids is 1. The van der Waals surface area contributed by atoms with E-state index in [0.717, 1.165) is 26.3 Å². The molecule has 0 aromatic rings. The Labute approximate surface area is 91.5 Å². The van der Waals surface area contributed by atoms with Gasteiger partial charge in [-0.25, -0.2) is 0 Å². The fourth-order valence-electron chi connectivity index (χ4n) is 1.84. The standard InChI is InChI=1S/C11H21NO3/c1-9-7-15-6-5-12(9)8-11(2,3)10(13)14-4/h9H,5-8H2,1-4H3. The van der Waals surface area contributed by atoms with Gasteiger partial charge in [-0.3, -0.25) is 9.69 Å². The minimum Gasteiger partial charge on any atom is -0.469 e. The second kappa shape index (κ2) is 4.94. The van der Waals surface area contributed by atoms with Crippen LogP contribution in [0.2, 0.25) is 0 Å². The van der Waals surface area contributed by atoms with E-state index in [1.807, 2.05) is 13.8 Å². The fourth-order valence-corrected chi connectivity index (χ4v) is 1.84. The first-order valence-corrected chi connectivity index (χ1v) is 5.37. The number of carbonyl (C=O) groups is 1. The molecule has 4 nitrogen and oxygen atoms in total. The van der Waals surface area contributed by atoms with Crippen LogP contribution in [0.3, 0.4) is 0 Å². The van der Waals surface area contributed by atoms with Crippen LogP contribution < -0.4 is 0 Å². The first kappa shape index (κ1) is 12.5. The van der Waals surface area contributed by atoms with Crippen molar-refractivity contribution in [2.45, 2.75) is 26.8 Å². The summed E-state index contributed by atoms with van der Waals surface area (Å²) in [5.74, 6) is -0.152. The monoisotopic (exact) mass is 215 g/mol. The van der Waals surface area contributed by atoms with Gasteiger partial charge in [0.1, 0.15) is 0 Å². The highest BCUT2D eigenvalue weighted by Gasteiger charge is 2.33. The first-order valence-electron chi connectivity index (χ1n) is 5.37. The number of hydrogen-bond donors (Lipinski definition) is 0. The first-order chi connectivity index (χ1) is 6.97. The van der Waals surface area contributed by atoms with Gasteiger partial charge in [-0.15, -0.1) is 0 Å². The van der Waals surface area contributed by atoms with Crippen LogP contribution in [-0.2, 0) is 14.3 Å². The highest BCUT2D eigenvalue weighted by Crippen LogP contribution is 2.21. The zero-order valence-electron chi connectivity index (χ0n) is 10.1. The summed E-state index contributed by atoms with van der Waals surface area (Å²) in [6.07, 6.45) is 0. The molecule has 1 fully saturated rings. The molecule has 4 heteroatoms. The molecule has 0 bridgehead atoms. The zero-order chi connectivity index (χ0) is 11.5. The van der Waals surface area contributed by atoms with Gasteiger partial charge in [0, 0.05) is 19.1 Å². The van der Waals surface area contributed by atoms with E-state index in [-0.39, 0.29) is 5.97 Å². The average molecular weight is 215 g/mol. The summed E-state index contributed by atoms with van der Waals surface area (Å²) in [5.41, 5.74) is -0.444. The number of ether oxygens (including phenoxy) is 2. The van der Waals surface area contributed by atoms with Gasteiger partial charge < -0.3 is 9.47 Å². The minimum atomic E-state index is -0.444. The van der Waals surface area contributed by atoms with E-state index in [1.165, 1.54) is 7.11 Å². The maximum Gasteiger partial charge on any atom is 0.312 e. The largest absolute Gasteiger partial charge is 0.469 e. The molecule has 0 spiro atoms. The summed E-state index contributed by atoms with van der Waals surface area (Å²) >= 11 is 0. The van der Waals surface area contributed by atoms with Crippen molar-refractivity contribution in [3.05, 3.63) is 0 Å². The molecular formula is C11H21NO3. The van der Waals surface area contributed by atoms with Gasteiger partial charge >= 0.3 is 5.97 Å². The zero-order valence-corrected chi connectivity index (χ0v) is 10.1. The van der Waals surface area contributed by atoms with E-state index in [2.05, 4.69) is 11.8 Å². The SMILES string of the molecule is COC(=O)C(C)(C)CN1CCOCC1C. The molecule has 0 aromatic carbocycles. The second-order valence-corrected chi connectivity index (χ2v) is 4.77. The Hall–Kier alpha value is -0.610. The Bertz CT molecular complexity index is 228. The van der Waals surface area contributed by atoms with Gasteiger partial charge in [-0.05, 0) is 20.8 Å². The van der Waals surface area contributed by atoms with Crippen molar-refractivity contribution < 1.29 is 14.3 Å². The molecule has 15 heavy (non-hydrogen) atoms. The number of hydrogen-bond acceptors (Lipinski definition) is 4. The summed E-state index contributed by atoms with van der Waals surface area (Å²) < 4.78 is 10.2. The predicted molar refractivity (Wildman–Crippen MR) is 57.7 cm³/mol. The summed E-state index contributed by atoms with van der Waals surface area (Å²) in [4.78, 5) is 13.8. The van der Waals surface area contributed by atoms with E-state index in [0.29, 0.717) is 6.04 Å². The molecule has 1 unspecified atom stereocenters. The van der Waals surface area contributed by atoms with Gasteiger partial charge in [-0.1, -0.05) is 0 Å². The lowest BCUT2D eigenvalue weighted by atomic mass is 9.92. The van der Waals surface area contributed by atoms with Crippen LogP contribution in [0.25, 0.3) is 0 Å². The van der Waals surface area contributed by atoms with E-state index >= 15 is 0 Å². The highest BCUT2D eigenvalue weighted by molar-refractivity contribution is 5.76. The molecule has 1 atom stereocenters. The van der Waals surface area contributed by atoms with Crippen LogP contribution in [-0.4, -0.2) is 50.3 Å². The number of rotatable bonds is 3. The minimum absolute atomic E-state index is 0.152. The lowest BCUT2D eigenvalue weighted by Crippen LogP contribution is -2.49. The maximum absolute atomic E-state index is 11.5. The van der Waals surface area contributed by atoms with Gasteiger partial charge in [0.15, 0.2) is 0 Å². The molecule has 0 amide bonds. The van der Waals surface area contributed by atoms with Gasteiger partial charge in [0.05, 0.1) is 25.7 Å². The average Bonchev–Trinajstić information content (AvgIpc) is 2.20. The Kier molecular flexibility index (Phi) is 4.11. The lowest BCUT2D eigenvalue weighted by Gasteiger charge is -2.37. The molecule has 0 aromatic heterocycles. The van der Waals surface area contributed by atoms with Crippen molar-refractivity contribution in [3.63, 3.8) is 0 Å². The molecule has 1 aliphatic rings. The van der Waals surface area contributed by atoms with E-state index in [9.17, 15) is 4.79 Å². The third-order valence-electron chi connectivity index (χ3n) is 2.84. The van der Waals surface area contributed by atoms with Crippen molar-refractivity contribution in [1.82, 2.24) is 4.90 Å². The number of nitrogens with zero attached hydrogens (tertiary/aromatic N) is 1. The maximum atomic E-state index is 11.5. The number of morpholine rings is 1. The van der Waals surface area contributed by atoms with Crippen molar-refractivity contribution >= 4 is 5.97 Å². The molecule has 1 rings (SSSR count). The number of methoxy groups -OCH3 is 1. The van der Waals surface area contributed by atoms with Crippen molar-refractivity contribution in [2.75, 3.05) is 33.4 Å². The molecule has 1 heterocycles. The Morgan fingerprint density at radius 3 is 2.80 bits per heavy atom. The molecule has 1 saturated heterocycles. The third-order valence-corrected chi connectivity index (χ3v) is 2.84. The Balaban J connectivity index is 2.55. The Morgan fingerprint density at radius 1 is 1.60 bits per heavy atom. The quantitative estimate of drug-likeness (QED) is 0.656. The fraction of sp³-hybridized carbons (Fsp3) is 0.909. The smallest absolute Gasteiger partial charge is 0.312 e. The van der Waals surface area contributed by atoms with Crippen molar-refractivity contribution in [2.24, 2.45) is 5.41 Å². The van der Waals surface area contributed by atoms with E-state index in [4.69, 9.17) is 9.47 Å². The molecule has 88 valence electrons. The van der Waals surface area contributed by atoms with Crippen LogP contribution in [0.15, 0.2) is 0 Å². The van der Waals surface area contributed by atoms with Crippen molar-refractivity contribution in [1.29, 1.82) is 0 Å². The molecule has 0 N–H and O–H groups in total. The summed E-state index contributed by atoms with van der Waals surface area (Å²) in [6.45, 7) is 9.07. The van der Waals surface area contributed by atoms with E-state index in [1.54, 1.807) is 0 Å².